The maximum atomic E-state index is 15.6. The number of nitrogens with one attached hydrogen (secondary N) is 4. The van der Waals surface area contributed by atoms with Crippen LogP contribution in [0.3, 0.4) is 0 Å². The molecule has 0 radical (unpaired) electrons. The van der Waals surface area contributed by atoms with Gasteiger partial charge in [0.15, 0.2) is 0 Å². The number of rotatable bonds is 9. The smallest absolute Gasteiger partial charge is 0.407 e. The lowest BCUT2D eigenvalue weighted by atomic mass is 10.00. The number of carbonyl (C=O) groups excluding carboxylic acids is 4. The summed E-state index contributed by atoms with van der Waals surface area (Å²) in [5.74, 6) is -0.630. The molecule has 2 saturated heterocycles. The average Bonchev–Trinajstić information content (AvgIpc) is 3.97. The summed E-state index contributed by atoms with van der Waals surface area (Å²) in [5, 5.41) is 4.98. The van der Waals surface area contributed by atoms with E-state index in [0.717, 1.165) is 12.8 Å². The number of halogens is 2. The third-order valence-corrected chi connectivity index (χ3v) is 9.53. The molecule has 4 heterocycles. The number of ether oxygens (including phenoxy) is 2. The Morgan fingerprint density at radius 3 is 1.50 bits per heavy atom. The quantitative estimate of drug-likeness (QED) is 0.182. The number of benzene rings is 2. The standard InChI is InChI=1S/C36H40F2N8O6/c1-19(41-35(49)51-3)33(47)45-13-5-7-29(45)31-39-17-27(43-31)23-11-9-21(15-25(23)37)22-10-12-24(26(38)16-22)28-18-40-32(44-28)30-8-6-14-46(30)34(48)20(2)42-36(50)52-4/h9-12,15-20,29-30H,5-8,13-14H2,1-4H3,(H,39,43)(H,40,44)(H,41,49)(H,42,50)/t19-,20-,29-,30-/m0/s1. The number of amides is 4. The van der Waals surface area contributed by atoms with Gasteiger partial charge in [0, 0.05) is 24.2 Å². The van der Waals surface area contributed by atoms with Crippen molar-refractivity contribution in [3.05, 3.63) is 72.1 Å². The Kier molecular flexibility index (Phi) is 10.5. The molecule has 4 N–H and O–H groups in total. The first-order chi connectivity index (χ1) is 25.0. The molecular formula is C36H40F2N8O6. The first-order valence-electron chi connectivity index (χ1n) is 17.0. The summed E-state index contributed by atoms with van der Waals surface area (Å²) in [4.78, 5) is 67.8. The van der Waals surface area contributed by atoms with Crippen molar-refractivity contribution in [2.75, 3.05) is 27.3 Å². The third-order valence-electron chi connectivity index (χ3n) is 9.53. The first-order valence-corrected chi connectivity index (χ1v) is 17.0. The van der Waals surface area contributed by atoms with Crippen molar-refractivity contribution in [2.24, 2.45) is 0 Å². The Morgan fingerprint density at radius 2 is 1.13 bits per heavy atom. The molecule has 0 bridgehead atoms. The summed E-state index contributed by atoms with van der Waals surface area (Å²) in [6.45, 7) is 4.14. The first kappa shape index (κ1) is 36.0. The average molecular weight is 719 g/mol. The van der Waals surface area contributed by atoms with Crippen LogP contribution in [-0.2, 0) is 19.1 Å². The molecule has 4 aromatic rings. The number of methoxy groups -OCH3 is 2. The van der Waals surface area contributed by atoms with Gasteiger partial charge in [-0.3, -0.25) is 9.59 Å². The highest BCUT2D eigenvalue weighted by Gasteiger charge is 2.36. The lowest BCUT2D eigenvalue weighted by Gasteiger charge is -2.26. The van der Waals surface area contributed by atoms with Crippen molar-refractivity contribution in [2.45, 2.75) is 63.7 Å². The molecule has 2 aromatic carbocycles. The monoisotopic (exact) mass is 718 g/mol. The van der Waals surface area contributed by atoms with Crippen LogP contribution in [0.25, 0.3) is 33.6 Å². The number of aromatic amines is 2. The number of H-pyrrole nitrogens is 2. The minimum Gasteiger partial charge on any atom is -0.453 e. The predicted molar refractivity (Wildman–Crippen MR) is 184 cm³/mol. The number of nitrogens with zero attached hydrogens (tertiary/aromatic N) is 4. The largest absolute Gasteiger partial charge is 0.453 e. The molecule has 2 aromatic heterocycles. The van der Waals surface area contributed by atoms with Crippen molar-refractivity contribution >= 4 is 24.0 Å². The van der Waals surface area contributed by atoms with Crippen molar-refractivity contribution < 1.29 is 37.4 Å². The second-order valence-electron chi connectivity index (χ2n) is 12.8. The fraction of sp³-hybridized carbons (Fsp3) is 0.389. The zero-order valence-electron chi connectivity index (χ0n) is 29.2. The minimum absolute atomic E-state index is 0.260. The molecule has 14 nitrogen and oxygen atoms in total. The summed E-state index contributed by atoms with van der Waals surface area (Å²) in [6.07, 6.45) is 4.42. The maximum Gasteiger partial charge on any atom is 0.407 e. The molecule has 2 aliphatic rings. The van der Waals surface area contributed by atoms with Crippen LogP contribution in [-0.4, -0.2) is 93.1 Å². The number of alkyl carbamates (subject to hydrolysis) is 2. The van der Waals surface area contributed by atoms with E-state index in [1.165, 1.54) is 38.7 Å². The van der Waals surface area contributed by atoms with E-state index in [0.29, 0.717) is 60.1 Å². The van der Waals surface area contributed by atoms with Crippen LogP contribution in [0.4, 0.5) is 18.4 Å². The zero-order chi connectivity index (χ0) is 37.1. The number of imidazole rings is 2. The van der Waals surface area contributed by atoms with Gasteiger partial charge in [0.25, 0.3) is 0 Å². The lowest BCUT2D eigenvalue weighted by Crippen LogP contribution is -2.46. The van der Waals surface area contributed by atoms with Gasteiger partial charge in [0.2, 0.25) is 11.8 Å². The highest BCUT2D eigenvalue weighted by Crippen LogP contribution is 2.36. The normalized spacial score (nSPS) is 18.2. The number of aromatic nitrogens is 4. The van der Waals surface area contributed by atoms with Crippen molar-refractivity contribution in [1.29, 1.82) is 0 Å². The van der Waals surface area contributed by atoms with Crippen molar-refractivity contribution in [3.8, 4) is 33.6 Å². The highest BCUT2D eigenvalue weighted by molar-refractivity contribution is 5.86. The van der Waals surface area contributed by atoms with Gasteiger partial charge in [-0.1, -0.05) is 12.1 Å². The number of likely N-dealkylation sites (tertiary alicyclic amines) is 2. The van der Waals surface area contributed by atoms with Crippen LogP contribution in [0.1, 0.15) is 63.3 Å². The summed E-state index contributed by atoms with van der Waals surface area (Å²) in [6, 6.07) is 6.89. The maximum absolute atomic E-state index is 15.6. The lowest BCUT2D eigenvalue weighted by molar-refractivity contribution is -0.134. The van der Waals surface area contributed by atoms with Crippen molar-refractivity contribution in [1.82, 2.24) is 40.4 Å². The summed E-state index contributed by atoms with van der Waals surface area (Å²) in [7, 11) is 2.45. The topological polar surface area (TPSA) is 175 Å². The Bertz CT molecular complexity index is 1840. The number of carbonyl (C=O) groups is 4. The molecule has 0 unspecified atom stereocenters. The van der Waals surface area contributed by atoms with Gasteiger partial charge in [-0.2, -0.15) is 0 Å². The van der Waals surface area contributed by atoms with Gasteiger partial charge < -0.3 is 39.9 Å². The Labute approximate surface area is 298 Å². The van der Waals surface area contributed by atoms with E-state index in [9.17, 15) is 19.2 Å². The molecule has 6 rings (SSSR count). The minimum atomic E-state index is -0.795. The van der Waals surface area contributed by atoms with Gasteiger partial charge in [0.05, 0.1) is 50.1 Å². The third kappa shape index (κ3) is 7.31. The molecule has 4 amide bonds. The van der Waals surface area contributed by atoms with E-state index in [1.807, 2.05) is 0 Å². The van der Waals surface area contributed by atoms with E-state index >= 15 is 8.78 Å². The second-order valence-corrected chi connectivity index (χ2v) is 12.8. The summed E-state index contributed by atoms with van der Waals surface area (Å²) < 4.78 is 40.3. The van der Waals surface area contributed by atoms with E-state index < -0.39 is 35.9 Å². The van der Waals surface area contributed by atoms with Crippen LogP contribution in [0.2, 0.25) is 0 Å². The highest BCUT2D eigenvalue weighted by atomic mass is 19.1. The molecule has 0 spiro atoms. The van der Waals surface area contributed by atoms with Gasteiger partial charge in [-0.25, -0.2) is 28.3 Å². The van der Waals surface area contributed by atoms with E-state index in [2.05, 4.69) is 40.0 Å². The number of hydrogen-bond donors (Lipinski definition) is 4. The Morgan fingerprint density at radius 1 is 0.731 bits per heavy atom. The molecule has 4 atom stereocenters. The van der Waals surface area contributed by atoms with Gasteiger partial charge >= 0.3 is 12.2 Å². The van der Waals surface area contributed by atoms with Gasteiger partial charge in [-0.05, 0) is 74.9 Å². The van der Waals surface area contributed by atoms with Gasteiger partial charge in [0.1, 0.15) is 35.4 Å². The molecule has 274 valence electrons. The van der Waals surface area contributed by atoms with Crippen molar-refractivity contribution in [3.63, 3.8) is 0 Å². The number of hydrogen-bond acceptors (Lipinski definition) is 8. The molecule has 0 aliphatic carbocycles. The van der Waals surface area contributed by atoms with E-state index in [4.69, 9.17) is 0 Å². The summed E-state index contributed by atoms with van der Waals surface area (Å²) >= 11 is 0. The SMILES string of the molecule is COC(=O)N[C@@H](C)C(=O)N1CCC[C@H]1c1ncc(-c2ccc(-c3ccc(-c4cnc([C@@H]5CCCN5C(=O)[C@H](C)NC(=O)OC)[nH]4)c(F)c3)cc2F)[nH]1. The second kappa shape index (κ2) is 15.2. The van der Waals surface area contributed by atoms with Gasteiger partial charge in [-0.15, -0.1) is 0 Å². The van der Waals surface area contributed by atoms with E-state index in [1.54, 1.807) is 47.9 Å². The zero-order valence-corrected chi connectivity index (χ0v) is 29.2. The molecule has 2 fully saturated rings. The molecule has 0 saturated carbocycles. The van der Waals surface area contributed by atoms with Crippen LogP contribution in [0.5, 0.6) is 0 Å². The van der Waals surface area contributed by atoms with Crippen LogP contribution >= 0.6 is 0 Å². The van der Waals surface area contributed by atoms with Crippen LogP contribution < -0.4 is 10.6 Å². The Hall–Kier alpha value is -5.80. The predicted octanol–water partition coefficient (Wildman–Crippen LogP) is 5.23. The molecule has 16 heteroatoms. The molecule has 2 aliphatic heterocycles. The Balaban J connectivity index is 1.14. The fourth-order valence-corrected chi connectivity index (χ4v) is 6.83. The molecule has 52 heavy (non-hydrogen) atoms. The fourth-order valence-electron chi connectivity index (χ4n) is 6.83. The van der Waals surface area contributed by atoms with E-state index in [-0.39, 0.29) is 35.0 Å². The van der Waals surface area contributed by atoms with Crippen LogP contribution in [0, 0.1) is 11.6 Å². The molecular weight excluding hydrogens is 678 g/mol. The summed E-state index contributed by atoms with van der Waals surface area (Å²) in [5.41, 5.74) is 2.30. The van der Waals surface area contributed by atoms with Crippen LogP contribution in [0.15, 0.2) is 48.8 Å².